The van der Waals surface area contributed by atoms with E-state index in [1.807, 2.05) is 0 Å². The Hall–Kier alpha value is -0.0800. The summed E-state index contributed by atoms with van der Waals surface area (Å²) in [6.45, 7) is 3.77. The van der Waals surface area contributed by atoms with Crippen LogP contribution in [0.2, 0.25) is 0 Å². The molecule has 3 rings (SSSR count). The quantitative estimate of drug-likeness (QED) is 0.646. The second kappa shape index (κ2) is 2.46. The second-order valence-electron chi connectivity index (χ2n) is 4.90. The van der Waals surface area contributed by atoms with Crippen LogP contribution < -0.4 is 10.6 Å². The third kappa shape index (κ3) is 1.17. The van der Waals surface area contributed by atoms with E-state index in [0.29, 0.717) is 5.41 Å². The zero-order valence-electron chi connectivity index (χ0n) is 7.60. The molecule has 0 amide bonds. The summed E-state index contributed by atoms with van der Waals surface area (Å²) < 4.78 is 0. The molecular weight excluding hydrogens is 148 g/mol. The Morgan fingerprint density at radius 3 is 2.83 bits per heavy atom. The number of nitrogens with one attached hydrogen (secondary N) is 2. The van der Waals surface area contributed by atoms with Crippen LogP contribution in [0.5, 0.6) is 0 Å². The molecule has 1 heterocycles. The van der Waals surface area contributed by atoms with Gasteiger partial charge in [0.15, 0.2) is 0 Å². The van der Waals surface area contributed by atoms with Gasteiger partial charge in [-0.15, -0.1) is 0 Å². The lowest BCUT2D eigenvalue weighted by Gasteiger charge is -2.18. The van der Waals surface area contributed by atoms with Gasteiger partial charge in [-0.25, -0.2) is 0 Å². The van der Waals surface area contributed by atoms with Crippen LogP contribution in [-0.4, -0.2) is 25.7 Å². The molecule has 1 saturated heterocycles. The molecular formula is C10H18N2. The van der Waals surface area contributed by atoms with Crippen LogP contribution in [0.25, 0.3) is 0 Å². The predicted molar refractivity (Wildman–Crippen MR) is 49.1 cm³/mol. The third-order valence-corrected chi connectivity index (χ3v) is 3.81. The lowest BCUT2D eigenvalue weighted by atomic mass is 10.0. The monoisotopic (exact) mass is 166 g/mol. The van der Waals surface area contributed by atoms with Crippen molar-refractivity contribution in [2.24, 2.45) is 11.3 Å². The van der Waals surface area contributed by atoms with E-state index < -0.39 is 0 Å². The summed E-state index contributed by atoms with van der Waals surface area (Å²) in [5.74, 6) is 1.03. The van der Waals surface area contributed by atoms with Gasteiger partial charge in [-0.1, -0.05) is 0 Å². The van der Waals surface area contributed by atoms with E-state index in [2.05, 4.69) is 10.6 Å². The Bertz CT molecular complexity index is 182. The maximum atomic E-state index is 3.73. The molecule has 2 N–H and O–H groups in total. The van der Waals surface area contributed by atoms with Gasteiger partial charge >= 0.3 is 0 Å². The predicted octanol–water partition coefficient (Wildman–Crippen LogP) is 0.738. The van der Waals surface area contributed by atoms with Gasteiger partial charge in [-0.3, -0.25) is 0 Å². The van der Waals surface area contributed by atoms with Gasteiger partial charge in [0.25, 0.3) is 0 Å². The highest BCUT2D eigenvalue weighted by Crippen LogP contribution is 2.50. The van der Waals surface area contributed by atoms with Crippen molar-refractivity contribution in [1.29, 1.82) is 0 Å². The first-order chi connectivity index (χ1) is 5.89. The lowest BCUT2D eigenvalue weighted by Crippen LogP contribution is -2.38. The molecule has 2 saturated carbocycles. The van der Waals surface area contributed by atoms with Gasteiger partial charge in [0.1, 0.15) is 0 Å². The summed E-state index contributed by atoms with van der Waals surface area (Å²) in [6.07, 6.45) is 5.87. The molecule has 12 heavy (non-hydrogen) atoms. The average molecular weight is 166 g/mol. The molecule has 0 aromatic carbocycles. The van der Waals surface area contributed by atoms with Crippen molar-refractivity contribution < 1.29 is 0 Å². The molecule has 2 nitrogen and oxygen atoms in total. The van der Waals surface area contributed by atoms with Crippen molar-refractivity contribution in [2.45, 2.75) is 31.7 Å². The minimum atomic E-state index is 0.703. The highest BCUT2D eigenvalue weighted by molar-refractivity contribution is 5.08. The molecule has 0 unspecified atom stereocenters. The molecule has 0 radical (unpaired) electrons. The summed E-state index contributed by atoms with van der Waals surface area (Å²) in [4.78, 5) is 0. The maximum Gasteiger partial charge on any atom is 0.0261 e. The molecule has 0 bridgehead atoms. The van der Waals surface area contributed by atoms with Gasteiger partial charge < -0.3 is 10.6 Å². The van der Waals surface area contributed by atoms with Crippen LogP contribution in [0.15, 0.2) is 0 Å². The second-order valence-corrected chi connectivity index (χ2v) is 4.90. The molecule has 68 valence electrons. The van der Waals surface area contributed by atoms with Crippen LogP contribution in [-0.2, 0) is 0 Å². The summed E-state index contributed by atoms with van der Waals surface area (Å²) >= 11 is 0. The fraction of sp³-hybridized carbons (Fsp3) is 1.00. The maximum absolute atomic E-state index is 3.73. The van der Waals surface area contributed by atoms with Gasteiger partial charge in [-0.2, -0.15) is 0 Å². The summed E-state index contributed by atoms with van der Waals surface area (Å²) in [6, 6.07) is 0.804. The third-order valence-electron chi connectivity index (χ3n) is 3.81. The number of rotatable bonds is 3. The van der Waals surface area contributed by atoms with Crippen LogP contribution >= 0.6 is 0 Å². The molecule has 2 aliphatic carbocycles. The van der Waals surface area contributed by atoms with Crippen molar-refractivity contribution in [2.75, 3.05) is 19.6 Å². The molecule has 2 heteroatoms. The highest BCUT2D eigenvalue weighted by Gasteiger charge is 2.52. The van der Waals surface area contributed by atoms with E-state index in [-0.39, 0.29) is 0 Å². The molecule has 1 atom stereocenters. The Balaban J connectivity index is 1.53. The standard InChI is InChI=1S/C10H18N2/c1-2-8(1)5-12-9-6-11-7-10(9)3-4-10/h8-9,11-12H,1-7H2/t9-/m0/s1. The largest absolute Gasteiger partial charge is 0.315 e. The van der Waals surface area contributed by atoms with Crippen LogP contribution in [0.1, 0.15) is 25.7 Å². The Morgan fingerprint density at radius 1 is 1.33 bits per heavy atom. The van der Waals surface area contributed by atoms with Gasteiger partial charge in [-0.05, 0) is 43.6 Å². The van der Waals surface area contributed by atoms with E-state index in [0.717, 1.165) is 12.0 Å². The zero-order valence-corrected chi connectivity index (χ0v) is 7.60. The Morgan fingerprint density at radius 2 is 2.17 bits per heavy atom. The molecule has 3 aliphatic rings. The normalized spacial score (nSPS) is 37.5. The minimum Gasteiger partial charge on any atom is -0.315 e. The SMILES string of the molecule is C1CC1CN[C@H]1CNCC12CC2. The van der Waals surface area contributed by atoms with Crippen LogP contribution in [0.4, 0.5) is 0 Å². The first-order valence-corrected chi connectivity index (χ1v) is 5.33. The van der Waals surface area contributed by atoms with Crippen molar-refractivity contribution in [3.63, 3.8) is 0 Å². The summed E-state index contributed by atoms with van der Waals surface area (Å²) in [7, 11) is 0. The molecule has 1 aliphatic heterocycles. The lowest BCUT2D eigenvalue weighted by molar-refractivity contribution is 0.403. The van der Waals surface area contributed by atoms with Gasteiger partial charge in [0, 0.05) is 19.1 Å². The fourth-order valence-corrected chi connectivity index (χ4v) is 2.41. The Kier molecular flexibility index (Phi) is 1.50. The Labute approximate surface area is 74.1 Å². The first-order valence-electron chi connectivity index (χ1n) is 5.33. The van der Waals surface area contributed by atoms with E-state index >= 15 is 0 Å². The van der Waals surface area contributed by atoms with Crippen molar-refractivity contribution in [3.8, 4) is 0 Å². The topological polar surface area (TPSA) is 24.1 Å². The van der Waals surface area contributed by atoms with Crippen LogP contribution in [0.3, 0.4) is 0 Å². The minimum absolute atomic E-state index is 0.703. The van der Waals surface area contributed by atoms with Crippen LogP contribution in [0, 0.1) is 11.3 Å². The highest BCUT2D eigenvalue weighted by atomic mass is 15.1. The number of hydrogen-bond donors (Lipinski definition) is 2. The fourth-order valence-electron chi connectivity index (χ4n) is 2.41. The van der Waals surface area contributed by atoms with E-state index in [1.165, 1.54) is 45.3 Å². The molecule has 1 spiro atoms. The van der Waals surface area contributed by atoms with E-state index in [9.17, 15) is 0 Å². The smallest absolute Gasteiger partial charge is 0.0261 e. The molecule has 3 fully saturated rings. The molecule has 0 aromatic heterocycles. The zero-order chi connectivity index (χ0) is 8.02. The summed E-state index contributed by atoms with van der Waals surface area (Å²) in [5, 5.41) is 7.24. The summed E-state index contributed by atoms with van der Waals surface area (Å²) in [5.41, 5.74) is 0.703. The van der Waals surface area contributed by atoms with Gasteiger partial charge in [0.05, 0.1) is 0 Å². The van der Waals surface area contributed by atoms with Crippen molar-refractivity contribution >= 4 is 0 Å². The number of hydrogen-bond acceptors (Lipinski definition) is 2. The van der Waals surface area contributed by atoms with Gasteiger partial charge in [0.2, 0.25) is 0 Å². The first kappa shape index (κ1) is 7.34. The molecule has 0 aromatic rings. The van der Waals surface area contributed by atoms with E-state index in [1.54, 1.807) is 0 Å². The average Bonchev–Trinajstić information content (AvgIpc) is 2.89. The van der Waals surface area contributed by atoms with E-state index in [4.69, 9.17) is 0 Å². The van der Waals surface area contributed by atoms with Crippen molar-refractivity contribution in [3.05, 3.63) is 0 Å². The van der Waals surface area contributed by atoms with Crippen molar-refractivity contribution in [1.82, 2.24) is 10.6 Å².